The van der Waals surface area contributed by atoms with E-state index in [9.17, 15) is 9.18 Å². The molecule has 1 aromatic heterocycles. The van der Waals surface area contributed by atoms with Crippen LogP contribution in [0.4, 0.5) is 10.1 Å². The van der Waals surface area contributed by atoms with Crippen molar-refractivity contribution in [2.75, 3.05) is 5.32 Å². The van der Waals surface area contributed by atoms with Gasteiger partial charge in [-0.2, -0.15) is 0 Å². The lowest BCUT2D eigenvalue weighted by Gasteiger charge is -2.06. The number of hydrogen-bond donors (Lipinski definition) is 2. The first kappa shape index (κ1) is 12.4. The van der Waals surface area contributed by atoms with Gasteiger partial charge < -0.3 is 10.3 Å². The summed E-state index contributed by atoms with van der Waals surface area (Å²) in [6.45, 7) is 1.92. The number of aromatic amines is 1. The van der Waals surface area contributed by atoms with E-state index >= 15 is 0 Å². The number of para-hydroxylation sites is 1. The average molecular weight is 268 g/mol. The van der Waals surface area contributed by atoms with Gasteiger partial charge in [-0.25, -0.2) is 4.39 Å². The number of halogens is 1. The van der Waals surface area contributed by atoms with Crippen molar-refractivity contribution in [3.8, 4) is 0 Å². The summed E-state index contributed by atoms with van der Waals surface area (Å²) in [5, 5.41) is 3.23. The van der Waals surface area contributed by atoms with Gasteiger partial charge in [-0.15, -0.1) is 0 Å². The quantitative estimate of drug-likeness (QED) is 0.728. The lowest BCUT2D eigenvalue weighted by molar-refractivity contribution is 0.102. The Balaban J connectivity index is 1.93. The molecule has 4 heteroatoms. The van der Waals surface area contributed by atoms with Crippen LogP contribution in [0.5, 0.6) is 0 Å². The fraction of sp³-hybridized carbons (Fsp3) is 0.0625. The SMILES string of the molecule is Cc1ccccc1NC(=O)c1cc2c(F)cccc2[nH]1. The topological polar surface area (TPSA) is 44.9 Å². The van der Waals surface area contributed by atoms with Crippen molar-refractivity contribution in [2.24, 2.45) is 0 Å². The van der Waals surface area contributed by atoms with Gasteiger partial charge in [0.1, 0.15) is 11.5 Å². The summed E-state index contributed by atoms with van der Waals surface area (Å²) in [6.07, 6.45) is 0. The molecule has 2 N–H and O–H groups in total. The Bertz CT molecular complexity index is 792. The van der Waals surface area contributed by atoms with Crippen LogP contribution in [-0.2, 0) is 0 Å². The summed E-state index contributed by atoms with van der Waals surface area (Å²) in [7, 11) is 0. The Labute approximate surface area is 115 Å². The van der Waals surface area contributed by atoms with E-state index in [1.165, 1.54) is 12.1 Å². The number of amides is 1. The van der Waals surface area contributed by atoms with Crippen molar-refractivity contribution in [2.45, 2.75) is 6.92 Å². The van der Waals surface area contributed by atoms with Crippen LogP contribution in [0.15, 0.2) is 48.5 Å². The molecule has 100 valence electrons. The molecule has 3 aromatic rings. The van der Waals surface area contributed by atoms with Gasteiger partial charge in [-0.1, -0.05) is 24.3 Å². The minimum atomic E-state index is -0.339. The van der Waals surface area contributed by atoms with E-state index in [1.54, 1.807) is 12.1 Å². The number of aromatic nitrogens is 1. The first-order valence-corrected chi connectivity index (χ1v) is 6.29. The fourth-order valence-electron chi connectivity index (χ4n) is 2.14. The van der Waals surface area contributed by atoms with E-state index in [4.69, 9.17) is 0 Å². The minimum Gasteiger partial charge on any atom is -0.350 e. The number of H-pyrrole nitrogens is 1. The molecule has 1 amide bonds. The summed E-state index contributed by atoms with van der Waals surface area (Å²) in [5.74, 6) is -0.622. The van der Waals surface area contributed by atoms with Crippen LogP contribution in [0, 0.1) is 12.7 Å². The summed E-state index contributed by atoms with van der Waals surface area (Å²) in [5.41, 5.74) is 2.67. The second-order valence-corrected chi connectivity index (χ2v) is 4.65. The van der Waals surface area contributed by atoms with E-state index in [0.29, 0.717) is 16.6 Å². The predicted molar refractivity (Wildman–Crippen MR) is 77.4 cm³/mol. The van der Waals surface area contributed by atoms with E-state index in [0.717, 1.165) is 11.3 Å². The Hall–Kier alpha value is -2.62. The number of carbonyl (C=O) groups is 1. The Morgan fingerprint density at radius 3 is 2.70 bits per heavy atom. The van der Waals surface area contributed by atoms with Gasteiger partial charge in [0, 0.05) is 16.6 Å². The highest BCUT2D eigenvalue weighted by Gasteiger charge is 2.12. The van der Waals surface area contributed by atoms with Gasteiger partial charge in [0.25, 0.3) is 5.91 Å². The van der Waals surface area contributed by atoms with Gasteiger partial charge in [0.15, 0.2) is 0 Å². The Morgan fingerprint density at radius 2 is 1.95 bits per heavy atom. The predicted octanol–water partition coefficient (Wildman–Crippen LogP) is 3.87. The van der Waals surface area contributed by atoms with Crippen LogP contribution in [0.3, 0.4) is 0 Å². The maximum Gasteiger partial charge on any atom is 0.272 e. The van der Waals surface area contributed by atoms with Crippen molar-refractivity contribution < 1.29 is 9.18 Å². The smallest absolute Gasteiger partial charge is 0.272 e. The first-order valence-electron chi connectivity index (χ1n) is 6.29. The third-order valence-corrected chi connectivity index (χ3v) is 3.25. The fourth-order valence-corrected chi connectivity index (χ4v) is 2.14. The van der Waals surface area contributed by atoms with Crippen LogP contribution in [0.25, 0.3) is 10.9 Å². The molecular formula is C16H13FN2O. The Morgan fingerprint density at radius 1 is 1.15 bits per heavy atom. The van der Waals surface area contributed by atoms with Crippen molar-refractivity contribution in [1.82, 2.24) is 4.98 Å². The van der Waals surface area contributed by atoms with Gasteiger partial charge in [0.2, 0.25) is 0 Å². The molecule has 2 aromatic carbocycles. The van der Waals surface area contributed by atoms with Gasteiger partial charge in [-0.3, -0.25) is 4.79 Å². The highest BCUT2D eigenvalue weighted by Crippen LogP contribution is 2.20. The maximum atomic E-state index is 13.6. The maximum absolute atomic E-state index is 13.6. The van der Waals surface area contributed by atoms with Crippen molar-refractivity contribution in [3.05, 3.63) is 65.6 Å². The molecule has 0 aliphatic carbocycles. The molecule has 0 bridgehead atoms. The summed E-state index contributed by atoms with van der Waals surface area (Å²) in [4.78, 5) is 15.1. The Kier molecular flexibility index (Phi) is 2.99. The number of nitrogens with one attached hydrogen (secondary N) is 2. The van der Waals surface area contributed by atoms with E-state index < -0.39 is 0 Å². The van der Waals surface area contributed by atoms with Crippen molar-refractivity contribution in [3.63, 3.8) is 0 Å². The van der Waals surface area contributed by atoms with Gasteiger partial charge in [0.05, 0.1) is 0 Å². The molecule has 0 fully saturated rings. The summed E-state index contributed by atoms with van der Waals surface area (Å²) >= 11 is 0. The highest BCUT2D eigenvalue weighted by molar-refractivity contribution is 6.06. The molecule has 0 saturated heterocycles. The molecule has 20 heavy (non-hydrogen) atoms. The molecule has 0 aliphatic heterocycles. The second kappa shape index (κ2) is 4.81. The lowest BCUT2D eigenvalue weighted by atomic mass is 10.2. The molecule has 0 unspecified atom stereocenters. The molecule has 3 nitrogen and oxygen atoms in total. The third kappa shape index (κ3) is 2.16. The number of carbonyl (C=O) groups excluding carboxylic acids is 1. The van der Waals surface area contributed by atoms with Crippen molar-refractivity contribution in [1.29, 1.82) is 0 Å². The van der Waals surface area contributed by atoms with Crippen molar-refractivity contribution >= 4 is 22.5 Å². The third-order valence-electron chi connectivity index (χ3n) is 3.25. The van der Waals surface area contributed by atoms with Crippen LogP contribution < -0.4 is 5.32 Å². The number of aryl methyl sites for hydroxylation is 1. The number of hydrogen-bond acceptors (Lipinski definition) is 1. The molecule has 1 heterocycles. The molecule has 0 aliphatic rings. The van der Waals surface area contributed by atoms with Gasteiger partial charge >= 0.3 is 0 Å². The summed E-state index contributed by atoms with van der Waals surface area (Å²) in [6, 6.07) is 13.8. The zero-order valence-electron chi connectivity index (χ0n) is 10.9. The molecule has 3 rings (SSSR count). The normalized spacial score (nSPS) is 10.7. The zero-order valence-corrected chi connectivity index (χ0v) is 10.9. The highest BCUT2D eigenvalue weighted by atomic mass is 19.1. The molecule has 0 saturated carbocycles. The van der Waals surface area contributed by atoms with E-state index in [2.05, 4.69) is 10.3 Å². The standard InChI is InChI=1S/C16H13FN2O/c1-10-5-2-3-7-13(10)19-16(20)15-9-11-12(17)6-4-8-14(11)18-15/h2-9,18H,1H3,(H,19,20). The average Bonchev–Trinajstić information content (AvgIpc) is 2.87. The molecular weight excluding hydrogens is 255 g/mol. The van der Waals surface area contributed by atoms with Crippen LogP contribution in [0.2, 0.25) is 0 Å². The zero-order chi connectivity index (χ0) is 14.1. The van der Waals surface area contributed by atoms with Gasteiger partial charge in [-0.05, 0) is 36.8 Å². The monoisotopic (exact) mass is 268 g/mol. The largest absolute Gasteiger partial charge is 0.350 e. The van der Waals surface area contributed by atoms with E-state index in [-0.39, 0.29) is 11.7 Å². The first-order chi connectivity index (χ1) is 9.65. The molecule has 0 spiro atoms. The second-order valence-electron chi connectivity index (χ2n) is 4.65. The van der Waals surface area contributed by atoms with Crippen LogP contribution in [0.1, 0.15) is 16.1 Å². The van der Waals surface area contributed by atoms with Crippen LogP contribution >= 0.6 is 0 Å². The number of anilines is 1. The molecule has 0 radical (unpaired) electrons. The lowest BCUT2D eigenvalue weighted by Crippen LogP contribution is -2.12. The number of fused-ring (bicyclic) bond motifs is 1. The molecule has 0 atom stereocenters. The summed E-state index contributed by atoms with van der Waals surface area (Å²) < 4.78 is 13.6. The number of benzene rings is 2. The number of rotatable bonds is 2. The minimum absolute atomic E-state index is 0.282. The van der Waals surface area contributed by atoms with Crippen LogP contribution in [-0.4, -0.2) is 10.9 Å². The van der Waals surface area contributed by atoms with E-state index in [1.807, 2.05) is 31.2 Å².